The van der Waals surface area contributed by atoms with Gasteiger partial charge in [0.15, 0.2) is 5.58 Å². The Morgan fingerprint density at radius 2 is 0.806 bits per heavy atom. The lowest BCUT2D eigenvalue weighted by Gasteiger charge is -2.26. The van der Waals surface area contributed by atoms with Crippen LogP contribution in [0, 0.1) is 0 Å². The number of nitrogens with zero attached hydrogens (tertiary/aromatic N) is 3. The summed E-state index contributed by atoms with van der Waals surface area (Å²) in [5.41, 5.74) is 17.9. The van der Waals surface area contributed by atoms with Gasteiger partial charge in [-0.1, -0.05) is 133 Å². The summed E-state index contributed by atoms with van der Waals surface area (Å²) < 4.78 is 10.7. The maximum Gasteiger partial charge on any atom is 0.153 e. The van der Waals surface area contributed by atoms with E-state index in [1.165, 1.54) is 44.1 Å². The Labute approximate surface area is 359 Å². The fourth-order valence-electron chi connectivity index (χ4n) is 9.15. The Morgan fingerprint density at radius 3 is 1.45 bits per heavy atom. The molecule has 12 rings (SSSR count). The summed E-state index contributed by atoms with van der Waals surface area (Å²) in [5.74, 6) is 0. The highest BCUT2D eigenvalue weighted by molar-refractivity contribution is 6.10. The average Bonchev–Trinajstić information content (AvgIpc) is 4.03. The maximum absolute atomic E-state index is 6.11. The number of anilines is 3. The second kappa shape index (κ2) is 14.7. The van der Waals surface area contributed by atoms with Crippen LogP contribution in [0.1, 0.15) is 0 Å². The Hall–Kier alpha value is -8.34. The molecule has 0 aliphatic heterocycles. The molecule has 0 N–H and O–H groups in total. The van der Waals surface area contributed by atoms with Gasteiger partial charge < -0.3 is 18.5 Å². The highest BCUT2D eigenvalue weighted by Gasteiger charge is 2.17. The molecule has 9 aromatic carbocycles. The lowest BCUT2D eigenvalue weighted by atomic mass is 10.0. The van der Waals surface area contributed by atoms with E-state index in [9.17, 15) is 0 Å². The van der Waals surface area contributed by atoms with E-state index in [1.54, 1.807) is 0 Å². The number of benzene rings is 9. The maximum atomic E-state index is 6.11. The number of furan rings is 1. The van der Waals surface area contributed by atoms with Crippen molar-refractivity contribution in [1.82, 2.24) is 9.13 Å². The molecule has 0 aliphatic rings. The van der Waals surface area contributed by atoms with Crippen molar-refractivity contribution in [2.24, 2.45) is 0 Å². The Kier molecular flexibility index (Phi) is 8.46. The predicted octanol–water partition coefficient (Wildman–Crippen LogP) is 15.9. The van der Waals surface area contributed by atoms with Crippen LogP contribution in [0.2, 0.25) is 0 Å². The van der Waals surface area contributed by atoms with E-state index >= 15 is 0 Å². The van der Waals surface area contributed by atoms with Gasteiger partial charge in [0.05, 0.1) is 16.6 Å². The highest BCUT2D eigenvalue weighted by atomic mass is 16.3. The van der Waals surface area contributed by atoms with Crippen LogP contribution in [-0.4, -0.2) is 9.13 Å². The van der Waals surface area contributed by atoms with Gasteiger partial charge in [-0.2, -0.15) is 0 Å². The highest BCUT2D eigenvalue weighted by Crippen LogP contribution is 2.40. The van der Waals surface area contributed by atoms with E-state index in [-0.39, 0.29) is 0 Å². The molecular formula is C58H39N3O. The van der Waals surface area contributed by atoms with Crippen LogP contribution in [0.25, 0.3) is 88.6 Å². The number of aromatic nitrogens is 2. The zero-order valence-electron chi connectivity index (χ0n) is 33.8. The Bertz CT molecular complexity index is 3520. The molecule has 0 aliphatic carbocycles. The SMILES string of the molecule is c1ccc(-c2ccc(N(c3ccc(-c4ccc(-n5ccc6oc7ccccc7c65)cc4)cc3)c3ccc(-c4ccc5c(c4)c4ccccc4n5-c4ccccc4)cc3)cc2)cc1. The van der Waals surface area contributed by atoms with Gasteiger partial charge in [0.2, 0.25) is 0 Å². The lowest BCUT2D eigenvalue weighted by molar-refractivity contribution is 0.669. The van der Waals surface area contributed by atoms with E-state index in [0.29, 0.717) is 0 Å². The molecule has 0 saturated carbocycles. The topological polar surface area (TPSA) is 26.2 Å². The summed E-state index contributed by atoms with van der Waals surface area (Å²) in [5, 5.41) is 3.61. The monoisotopic (exact) mass is 793 g/mol. The zero-order valence-corrected chi connectivity index (χ0v) is 33.8. The molecule has 0 saturated heterocycles. The fraction of sp³-hybridized carbons (Fsp3) is 0. The summed E-state index contributed by atoms with van der Waals surface area (Å²) in [6.45, 7) is 0. The van der Waals surface area contributed by atoms with Crippen molar-refractivity contribution in [2.75, 3.05) is 4.90 Å². The van der Waals surface area contributed by atoms with Crippen LogP contribution < -0.4 is 4.90 Å². The smallest absolute Gasteiger partial charge is 0.153 e. The molecule has 0 atom stereocenters. The van der Waals surface area contributed by atoms with Gasteiger partial charge in [0, 0.05) is 50.8 Å². The summed E-state index contributed by atoms with van der Waals surface area (Å²) in [7, 11) is 0. The third kappa shape index (κ3) is 6.08. The van der Waals surface area contributed by atoms with Crippen LogP contribution in [0.5, 0.6) is 0 Å². The van der Waals surface area contributed by atoms with E-state index in [2.05, 4.69) is 233 Å². The molecule has 0 bridgehead atoms. The van der Waals surface area contributed by atoms with Gasteiger partial charge in [0.1, 0.15) is 5.58 Å². The molecule has 12 aromatic rings. The minimum atomic E-state index is 0.893. The number of hydrogen-bond acceptors (Lipinski definition) is 2. The summed E-state index contributed by atoms with van der Waals surface area (Å²) in [4.78, 5) is 2.34. The van der Waals surface area contributed by atoms with Gasteiger partial charge in [-0.25, -0.2) is 0 Å². The van der Waals surface area contributed by atoms with Crippen molar-refractivity contribution in [2.45, 2.75) is 0 Å². The van der Waals surface area contributed by atoms with Crippen molar-refractivity contribution < 1.29 is 4.42 Å². The van der Waals surface area contributed by atoms with Crippen molar-refractivity contribution >= 4 is 60.9 Å². The van der Waals surface area contributed by atoms with Gasteiger partial charge in [0.25, 0.3) is 0 Å². The normalized spacial score (nSPS) is 11.5. The number of fused-ring (bicyclic) bond motifs is 6. The van der Waals surface area contributed by atoms with Crippen molar-refractivity contribution in [1.29, 1.82) is 0 Å². The average molecular weight is 794 g/mol. The second-order valence-corrected chi connectivity index (χ2v) is 15.8. The molecule has 292 valence electrons. The first-order chi connectivity index (χ1) is 30.7. The number of para-hydroxylation sites is 3. The second-order valence-electron chi connectivity index (χ2n) is 15.8. The number of rotatable bonds is 8. The molecule has 0 spiro atoms. The first-order valence-electron chi connectivity index (χ1n) is 21.1. The van der Waals surface area contributed by atoms with Crippen LogP contribution >= 0.6 is 0 Å². The predicted molar refractivity (Wildman–Crippen MR) is 258 cm³/mol. The quantitative estimate of drug-likeness (QED) is 0.153. The summed E-state index contributed by atoms with van der Waals surface area (Å²) in [6, 6.07) is 82.5. The largest absolute Gasteiger partial charge is 0.454 e. The van der Waals surface area contributed by atoms with E-state index in [4.69, 9.17) is 4.42 Å². The standard InChI is InChI=1S/C58H39N3O/c1-3-11-40(12-4-1)41-21-30-48(31-22-41)60(49-32-23-43(24-33-49)42-19-28-46(29-20-42)59-38-37-57-58(59)52-16-8-10-18-56(52)62-57)50-34-25-44(26-35-50)45-27-36-55-53(39-45)51-15-7-9-17-54(51)61(55)47-13-5-2-6-14-47/h1-39H. The third-order valence-electron chi connectivity index (χ3n) is 12.2. The first kappa shape index (κ1) is 35.6. The molecule has 3 aromatic heterocycles. The van der Waals surface area contributed by atoms with Crippen LogP contribution in [-0.2, 0) is 0 Å². The first-order valence-corrected chi connectivity index (χ1v) is 21.1. The Morgan fingerprint density at radius 1 is 0.323 bits per heavy atom. The zero-order chi connectivity index (χ0) is 41.0. The number of hydrogen-bond donors (Lipinski definition) is 0. The summed E-state index contributed by atoms with van der Waals surface area (Å²) >= 11 is 0. The Balaban J connectivity index is 0.883. The van der Waals surface area contributed by atoms with Crippen molar-refractivity contribution in [3.05, 3.63) is 237 Å². The molecule has 4 nitrogen and oxygen atoms in total. The molecule has 4 heteroatoms. The van der Waals surface area contributed by atoms with Crippen molar-refractivity contribution in [3.8, 4) is 44.8 Å². The third-order valence-corrected chi connectivity index (χ3v) is 12.2. The van der Waals surface area contributed by atoms with Gasteiger partial charge >= 0.3 is 0 Å². The van der Waals surface area contributed by atoms with Crippen LogP contribution in [0.15, 0.2) is 241 Å². The van der Waals surface area contributed by atoms with Gasteiger partial charge in [-0.05, 0) is 130 Å². The summed E-state index contributed by atoms with van der Waals surface area (Å²) in [6.07, 6.45) is 2.09. The lowest BCUT2D eigenvalue weighted by Crippen LogP contribution is -2.09. The fourth-order valence-corrected chi connectivity index (χ4v) is 9.15. The molecular weight excluding hydrogens is 755 g/mol. The van der Waals surface area contributed by atoms with E-state index < -0.39 is 0 Å². The van der Waals surface area contributed by atoms with Crippen molar-refractivity contribution in [3.63, 3.8) is 0 Å². The van der Waals surface area contributed by atoms with Crippen LogP contribution in [0.4, 0.5) is 17.1 Å². The minimum absolute atomic E-state index is 0.893. The molecule has 3 heterocycles. The molecule has 0 amide bonds. The van der Waals surface area contributed by atoms with E-state index in [1.807, 2.05) is 18.2 Å². The molecule has 0 radical (unpaired) electrons. The molecule has 0 unspecified atom stereocenters. The van der Waals surface area contributed by atoms with Gasteiger partial charge in [-0.15, -0.1) is 0 Å². The minimum Gasteiger partial charge on any atom is -0.454 e. The van der Waals surface area contributed by atoms with Crippen LogP contribution in [0.3, 0.4) is 0 Å². The molecule has 62 heavy (non-hydrogen) atoms. The van der Waals surface area contributed by atoms with E-state index in [0.717, 1.165) is 61.6 Å². The van der Waals surface area contributed by atoms with Gasteiger partial charge in [-0.3, -0.25) is 0 Å². The molecule has 0 fully saturated rings.